The number of nitrogens with two attached hydrogens (primary N) is 1. The summed E-state index contributed by atoms with van der Waals surface area (Å²) in [6, 6.07) is -1.08. The molecule has 0 fully saturated rings. The first-order chi connectivity index (χ1) is 8.56. The van der Waals surface area contributed by atoms with E-state index in [0.29, 0.717) is 5.69 Å². The van der Waals surface area contributed by atoms with Crippen LogP contribution in [-0.4, -0.2) is 51.7 Å². The van der Waals surface area contributed by atoms with Crippen LogP contribution in [0.3, 0.4) is 0 Å². The SMILES string of the molecule is COCC(NC(=O)Cn1cc(CN)nn1)C(=O)O. The number of carboxylic acid groups (broad SMARTS) is 1. The van der Waals surface area contributed by atoms with Gasteiger partial charge in [-0.1, -0.05) is 5.21 Å². The largest absolute Gasteiger partial charge is 0.480 e. The number of rotatable bonds is 7. The van der Waals surface area contributed by atoms with Crippen LogP contribution in [0, 0.1) is 0 Å². The van der Waals surface area contributed by atoms with E-state index in [1.165, 1.54) is 18.0 Å². The molecule has 1 rings (SSSR count). The third-order valence-corrected chi connectivity index (χ3v) is 2.07. The molecule has 0 spiro atoms. The molecule has 4 N–H and O–H groups in total. The van der Waals surface area contributed by atoms with Gasteiger partial charge in [0.1, 0.15) is 6.54 Å². The van der Waals surface area contributed by atoms with Gasteiger partial charge >= 0.3 is 5.97 Å². The number of carboxylic acids is 1. The van der Waals surface area contributed by atoms with Crippen molar-refractivity contribution >= 4 is 11.9 Å². The Morgan fingerprint density at radius 3 is 2.89 bits per heavy atom. The van der Waals surface area contributed by atoms with Gasteiger partial charge in [-0.15, -0.1) is 5.10 Å². The number of carbonyl (C=O) groups excluding carboxylic acids is 1. The highest BCUT2D eigenvalue weighted by Gasteiger charge is 2.19. The van der Waals surface area contributed by atoms with Crippen LogP contribution in [0.2, 0.25) is 0 Å². The molecule has 9 heteroatoms. The Bertz CT molecular complexity index is 419. The molecule has 0 radical (unpaired) electrons. The van der Waals surface area contributed by atoms with E-state index >= 15 is 0 Å². The number of aliphatic carboxylic acids is 1. The quantitative estimate of drug-likeness (QED) is 0.512. The fraction of sp³-hybridized carbons (Fsp3) is 0.556. The average Bonchev–Trinajstić information content (AvgIpc) is 2.76. The molecule has 1 unspecified atom stereocenters. The van der Waals surface area contributed by atoms with Crippen molar-refractivity contribution in [2.24, 2.45) is 5.73 Å². The monoisotopic (exact) mass is 257 g/mol. The normalized spacial score (nSPS) is 12.1. The van der Waals surface area contributed by atoms with E-state index in [1.54, 1.807) is 0 Å². The van der Waals surface area contributed by atoms with Crippen molar-refractivity contribution in [3.05, 3.63) is 11.9 Å². The minimum absolute atomic E-state index is 0.105. The lowest BCUT2D eigenvalue weighted by atomic mass is 10.3. The third kappa shape index (κ3) is 4.11. The number of aromatic nitrogens is 3. The van der Waals surface area contributed by atoms with E-state index in [9.17, 15) is 9.59 Å². The van der Waals surface area contributed by atoms with Crippen LogP contribution in [0.4, 0.5) is 0 Å². The number of methoxy groups -OCH3 is 1. The maximum absolute atomic E-state index is 11.5. The number of nitrogens with one attached hydrogen (secondary N) is 1. The van der Waals surface area contributed by atoms with Gasteiger partial charge in [0, 0.05) is 13.7 Å². The van der Waals surface area contributed by atoms with Crippen LogP contribution < -0.4 is 11.1 Å². The molecular formula is C9H15N5O4. The first kappa shape index (κ1) is 14.1. The molecule has 18 heavy (non-hydrogen) atoms. The molecule has 1 aromatic heterocycles. The third-order valence-electron chi connectivity index (χ3n) is 2.07. The highest BCUT2D eigenvalue weighted by molar-refractivity contribution is 5.83. The second kappa shape index (κ2) is 6.67. The summed E-state index contributed by atoms with van der Waals surface area (Å²) in [4.78, 5) is 22.3. The maximum atomic E-state index is 11.5. The van der Waals surface area contributed by atoms with E-state index in [2.05, 4.69) is 15.6 Å². The van der Waals surface area contributed by atoms with Gasteiger partial charge in [0.25, 0.3) is 0 Å². The van der Waals surface area contributed by atoms with E-state index in [1.807, 2.05) is 0 Å². The maximum Gasteiger partial charge on any atom is 0.328 e. The van der Waals surface area contributed by atoms with E-state index in [0.717, 1.165) is 0 Å². The van der Waals surface area contributed by atoms with Crippen molar-refractivity contribution in [2.75, 3.05) is 13.7 Å². The summed E-state index contributed by atoms with van der Waals surface area (Å²) in [6.45, 7) is -0.00395. The Hall–Kier alpha value is -2.00. The molecule has 0 aromatic carbocycles. The van der Waals surface area contributed by atoms with Gasteiger partial charge in [0.05, 0.1) is 18.5 Å². The van der Waals surface area contributed by atoms with Crippen LogP contribution in [0.5, 0.6) is 0 Å². The summed E-state index contributed by atoms with van der Waals surface area (Å²) >= 11 is 0. The molecule has 1 amide bonds. The molecule has 0 aliphatic rings. The van der Waals surface area contributed by atoms with Gasteiger partial charge in [-0.25, -0.2) is 9.48 Å². The second-order valence-electron chi connectivity index (χ2n) is 3.53. The van der Waals surface area contributed by atoms with Gasteiger partial charge in [0.15, 0.2) is 6.04 Å². The van der Waals surface area contributed by atoms with E-state index in [4.69, 9.17) is 15.6 Å². The summed E-state index contributed by atoms with van der Waals surface area (Å²) in [7, 11) is 1.35. The fourth-order valence-corrected chi connectivity index (χ4v) is 1.24. The van der Waals surface area contributed by atoms with Gasteiger partial charge in [-0.3, -0.25) is 4.79 Å². The summed E-state index contributed by atoms with van der Waals surface area (Å²) < 4.78 is 5.97. The Balaban J connectivity index is 2.51. The lowest BCUT2D eigenvalue weighted by molar-refractivity contribution is -0.143. The smallest absolute Gasteiger partial charge is 0.328 e. The molecule has 0 aliphatic heterocycles. The van der Waals surface area contributed by atoms with Crippen molar-refractivity contribution in [3.63, 3.8) is 0 Å². The van der Waals surface area contributed by atoms with Crippen LogP contribution in [0.15, 0.2) is 6.20 Å². The number of hydrogen-bond acceptors (Lipinski definition) is 6. The van der Waals surface area contributed by atoms with Crippen LogP contribution >= 0.6 is 0 Å². The minimum Gasteiger partial charge on any atom is -0.480 e. The molecule has 100 valence electrons. The fourth-order valence-electron chi connectivity index (χ4n) is 1.24. The zero-order chi connectivity index (χ0) is 13.5. The lowest BCUT2D eigenvalue weighted by Gasteiger charge is -2.13. The molecule has 1 heterocycles. The topological polar surface area (TPSA) is 132 Å². The number of nitrogens with zero attached hydrogens (tertiary/aromatic N) is 3. The molecule has 1 atom stereocenters. The molecular weight excluding hydrogens is 242 g/mol. The number of amides is 1. The van der Waals surface area contributed by atoms with Crippen molar-refractivity contribution in [1.82, 2.24) is 20.3 Å². The minimum atomic E-state index is -1.16. The van der Waals surface area contributed by atoms with Gasteiger partial charge < -0.3 is 20.9 Å². The summed E-state index contributed by atoms with van der Waals surface area (Å²) in [6.07, 6.45) is 1.52. The summed E-state index contributed by atoms with van der Waals surface area (Å²) in [5.41, 5.74) is 5.89. The van der Waals surface area contributed by atoms with Crippen molar-refractivity contribution in [2.45, 2.75) is 19.1 Å². The van der Waals surface area contributed by atoms with Crippen LogP contribution in [0.1, 0.15) is 5.69 Å². The van der Waals surface area contributed by atoms with Gasteiger partial charge in [0.2, 0.25) is 5.91 Å². The highest BCUT2D eigenvalue weighted by Crippen LogP contribution is 1.92. The highest BCUT2D eigenvalue weighted by atomic mass is 16.5. The van der Waals surface area contributed by atoms with Crippen molar-refractivity contribution in [3.8, 4) is 0 Å². The predicted molar refractivity (Wildman–Crippen MR) is 59.4 cm³/mol. The van der Waals surface area contributed by atoms with Gasteiger partial charge in [-0.2, -0.15) is 0 Å². The lowest BCUT2D eigenvalue weighted by Crippen LogP contribution is -2.45. The van der Waals surface area contributed by atoms with E-state index in [-0.39, 0.29) is 19.7 Å². The van der Waals surface area contributed by atoms with Crippen LogP contribution in [0.25, 0.3) is 0 Å². The predicted octanol–water partition coefficient (Wildman–Crippen LogP) is -2.05. The molecule has 0 saturated heterocycles. The number of hydrogen-bond donors (Lipinski definition) is 3. The molecule has 9 nitrogen and oxygen atoms in total. The Labute approximate surface area is 103 Å². The van der Waals surface area contributed by atoms with E-state index < -0.39 is 17.9 Å². The summed E-state index contributed by atoms with van der Waals surface area (Å²) in [5.74, 6) is -1.65. The summed E-state index contributed by atoms with van der Waals surface area (Å²) in [5, 5.41) is 18.5. The molecule has 0 aliphatic carbocycles. The molecule has 1 aromatic rings. The zero-order valence-corrected chi connectivity index (χ0v) is 9.87. The Morgan fingerprint density at radius 1 is 1.67 bits per heavy atom. The number of carbonyl (C=O) groups is 2. The molecule has 0 saturated carbocycles. The Kier molecular flexibility index (Phi) is 5.21. The standard InChI is InChI=1S/C9H15N5O4/c1-18-5-7(9(16)17)11-8(15)4-14-3-6(2-10)12-13-14/h3,7H,2,4-5,10H2,1H3,(H,11,15)(H,16,17). The first-order valence-electron chi connectivity index (χ1n) is 5.17. The zero-order valence-electron chi connectivity index (χ0n) is 9.87. The van der Waals surface area contributed by atoms with Gasteiger partial charge in [-0.05, 0) is 0 Å². The van der Waals surface area contributed by atoms with Crippen LogP contribution in [-0.2, 0) is 27.4 Å². The first-order valence-corrected chi connectivity index (χ1v) is 5.17. The van der Waals surface area contributed by atoms with Crippen molar-refractivity contribution < 1.29 is 19.4 Å². The molecule has 0 bridgehead atoms. The number of ether oxygens (including phenoxy) is 1. The second-order valence-corrected chi connectivity index (χ2v) is 3.53. The average molecular weight is 257 g/mol. The Morgan fingerprint density at radius 2 is 2.39 bits per heavy atom. The van der Waals surface area contributed by atoms with Crippen molar-refractivity contribution in [1.29, 1.82) is 0 Å².